The Morgan fingerprint density at radius 3 is 2.12 bits per heavy atom. The molecule has 3 heteroatoms. The minimum absolute atomic E-state index is 0.179. The van der Waals surface area contributed by atoms with Crippen LogP contribution in [0.15, 0.2) is 18.2 Å². The van der Waals surface area contributed by atoms with Crippen molar-refractivity contribution in [3.8, 4) is 5.75 Å². The minimum Gasteiger partial charge on any atom is -0.488 e. The summed E-state index contributed by atoms with van der Waals surface area (Å²) >= 11 is 0. The summed E-state index contributed by atoms with van der Waals surface area (Å²) in [6, 6.07) is 4.77. The van der Waals surface area contributed by atoms with Gasteiger partial charge in [0.25, 0.3) is 0 Å². The number of anilines is 1. The van der Waals surface area contributed by atoms with Gasteiger partial charge in [-0.3, -0.25) is 0 Å². The van der Waals surface area contributed by atoms with Gasteiger partial charge in [0.2, 0.25) is 0 Å². The van der Waals surface area contributed by atoms with Gasteiger partial charge in [-0.05, 0) is 53.7 Å². The van der Waals surface area contributed by atoms with Crippen LogP contribution >= 0.6 is 0 Å². The molecule has 0 amide bonds. The summed E-state index contributed by atoms with van der Waals surface area (Å²) in [5, 5.41) is 3.12. The largest absolute Gasteiger partial charge is 0.488 e. The predicted molar refractivity (Wildman–Crippen MR) is 70.2 cm³/mol. The lowest BCUT2D eigenvalue weighted by atomic mass is 10.1. The standard InChI is InChI=1S/C14H22FNO/c1-13(2,3)16-12-9-10(7-8-11(12)15)17-14(4,5)6/h7-9,16H,1-6H3. The molecule has 0 aliphatic carbocycles. The molecule has 0 heterocycles. The first-order valence-electron chi connectivity index (χ1n) is 5.84. The number of ether oxygens (including phenoxy) is 1. The first-order valence-corrected chi connectivity index (χ1v) is 5.84. The van der Waals surface area contributed by atoms with E-state index >= 15 is 0 Å². The van der Waals surface area contributed by atoms with E-state index in [1.807, 2.05) is 41.5 Å². The Balaban J connectivity index is 2.95. The van der Waals surface area contributed by atoms with Gasteiger partial charge in [-0.15, -0.1) is 0 Å². The van der Waals surface area contributed by atoms with Gasteiger partial charge in [0.05, 0.1) is 5.69 Å². The summed E-state index contributed by atoms with van der Waals surface area (Å²) in [6.07, 6.45) is 0. The van der Waals surface area contributed by atoms with E-state index in [9.17, 15) is 4.39 Å². The van der Waals surface area contributed by atoms with Crippen molar-refractivity contribution in [1.82, 2.24) is 0 Å². The third-order valence-electron chi connectivity index (χ3n) is 1.87. The zero-order valence-corrected chi connectivity index (χ0v) is 11.5. The fraction of sp³-hybridized carbons (Fsp3) is 0.571. The third kappa shape index (κ3) is 5.07. The van der Waals surface area contributed by atoms with E-state index in [0.29, 0.717) is 11.4 Å². The Hall–Kier alpha value is -1.25. The molecule has 96 valence electrons. The highest BCUT2D eigenvalue weighted by Gasteiger charge is 2.16. The van der Waals surface area contributed by atoms with E-state index in [-0.39, 0.29) is 17.0 Å². The number of nitrogens with one attached hydrogen (secondary N) is 1. The SMILES string of the molecule is CC(C)(C)Nc1cc(OC(C)(C)C)ccc1F. The van der Waals surface area contributed by atoms with Crippen molar-refractivity contribution in [2.75, 3.05) is 5.32 Å². The fourth-order valence-corrected chi connectivity index (χ4v) is 1.42. The van der Waals surface area contributed by atoms with E-state index in [0.717, 1.165) is 0 Å². The lowest BCUT2D eigenvalue weighted by Crippen LogP contribution is -2.27. The molecular formula is C14H22FNO. The van der Waals surface area contributed by atoms with Crippen molar-refractivity contribution in [2.45, 2.75) is 52.7 Å². The molecule has 1 N–H and O–H groups in total. The fourth-order valence-electron chi connectivity index (χ4n) is 1.42. The summed E-state index contributed by atoms with van der Waals surface area (Å²) in [4.78, 5) is 0. The van der Waals surface area contributed by atoms with Gasteiger partial charge in [-0.25, -0.2) is 4.39 Å². The molecule has 1 rings (SSSR count). The molecular weight excluding hydrogens is 217 g/mol. The zero-order valence-electron chi connectivity index (χ0n) is 11.5. The van der Waals surface area contributed by atoms with E-state index in [2.05, 4.69) is 5.32 Å². The molecule has 0 atom stereocenters. The molecule has 0 aliphatic heterocycles. The summed E-state index contributed by atoms with van der Waals surface area (Å²) in [6.45, 7) is 11.9. The Morgan fingerprint density at radius 2 is 1.65 bits per heavy atom. The van der Waals surface area contributed by atoms with Gasteiger partial charge < -0.3 is 10.1 Å². The molecule has 0 spiro atoms. The van der Waals surface area contributed by atoms with Crippen LogP contribution in [0.25, 0.3) is 0 Å². The second-order valence-corrected chi connectivity index (χ2v) is 6.23. The summed E-state index contributed by atoms with van der Waals surface area (Å²) < 4.78 is 19.3. The highest BCUT2D eigenvalue weighted by atomic mass is 19.1. The quantitative estimate of drug-likeness (QED) is 0.834. The van der Waals surface area contributed by atoms with Crippen molar-refractivity contribution in [3.05, 3.63) is 24.0 Å². The van der Waals surface area contributed by atoms with Crippen LogP contribution in [0, 0.1) is 5.82 Å². The molecule has 1 aromatic carbocycles. The molecule has 0 fully saturated rings. The van der Waals surface area contributed by atoms with Gasteiger partial charge in [-0.1, -0.05) is 0 Å². The maximum atomic E-state index is 13.6. The monoisotopic (exact) mass is 239 g/mol. The Bertz CT molecular complexity index is 388. The topological polar surface area (TPSA) is 21.3 Å². The van der Waals surface area contributed by atoms with Crippen LogP contribution in [0.4, 0.5) is 10.1 Å². The molecule has 0 unspecified atom stereocenters. The number of benzene rings is 1. The lowest BCUT2D eigenvalue weighted by molar-refractivity contribution is 0.131. The van der Waals surface area contributed by atoms with Crippen LogP contribution in [-0.4, -0.2) is 11.1 Å². The molecule has 0 bridgehead atoms. The molecule has 0 saturated carbocycles. The molecule has 17 heavy (non-hydrogen) atoms. The van der Waals surface area contributed by atoms with E-state index in [4.69, 9.17) is 4.74 Å². The maximum absolute atomic E-state index is 13.6. The average molecular weight is 239 g/mol. The normalized spacial score (nSPS) is 12.4. The third-order valence-corrected chi connectivity index (χ3v) is 1.87. The molecule has 0 saturated heterocycles. The van der Waals surface area contributed by atoms with Crippen molar-refractivity contribution in [3.63, 3.8) is 0 Å². The Kier molecular flexibility index (Phi) is 3.70. The summed E-state index contributed by atoms with van der Waals surface area (Å²) in [5.74, 6) is 0.409. The van der Waals surface area contributed by atoms with Gasteiger partial charge in [0.1, 0.15) is 17.2 Å². The Morgan fingerprint density at radius 1 is 1.06 bits per heavy atom. The molecule has 2 nitrogen and oxygen atoms in total. The number of hydrogen-bond acceptors (Lipinski definition) is 2. The first kappa shape index (κ1) is 13.8. The number of halogens is 1. The van der Waals surface area contributed by atoms with Crippen LogP contribution in [0.2, 0.25) is 0 Å². The highest BCUT2D eigenvalue weighted by Crippen LogP contribution is 2.26. The predicted octanol–water partition coefficient (Wildman–Crippen LogP) is 4.21. The van der Waals surface area contributed by atoms with E-state index in [1.54, 1.807) is 12.1 Å². The van der Waals surface area contributed by atoms with Gasteiger partial charge in [0, 0.05) is 11.6 Å². The minimum atomic E-state index is -0.281. The average Bonchev–Trinajstić information content (AvgIpc) is 2.05. The van der Waals surface area contributed by atoms with Crippen molar-refractivity contribution < 1.29 is 9.13 Å². The van der Waals surface area contributed by atoms with Crippen LogP contribution in [0.1, 0.15) is 41.5 Å². The van der Waals surface area contributed by atoms with Crippen molar-refractivity contribution >= 4 is 5.69 Å². The smallest absolute Gasteiger partial charge is 0.146 e. The summed E-state index contributed by atoms with van der Waals surface area (Å²) in [5.41, 5.74) is 0.0112. The number of hydrogen-bond donors (Lipinski definition) is 1. The second-order valence-electron chi connectivity index (χ2n) is 6.23. The van der Waals surface area contributed by atoms with E-state index in [1.165, 1.54) is 6.07 Å². The van der Waals surface area contributed by atoms with Gasteiger partial charge in [-0.2, -0.15) is 0 Å². The van der Waals surface area contributed by atoms with Crippen LogP contribution in [0.3, 0.4) is 0 Å². The number of rotatable bonds is 2. The van der Waals surface area contributed by atoms with Crippen LogP contribution < -0.4 is 10.1 Å². The van der Waals surface area contributed by atoms with Crippen LogP contribution in [-0.2, 0) is 0 Å². The molecule has 0 radical (unpaired) electrons. The van der Waals surface area contributed by atoms with Gasteiger partial charge >= 0.3 is 0 Å². The van der Waals surface area contributed by atoms with E-state index < -0.39 is 0 Å². The maximum Gasteiger partial charge on any atom is 0.146 e. The van der Waals surface area contributed by atoms with Crippen molar-refractivity contribution in [1.29, 1.82) is 0 Å². The van der Waals surface area contributed by atoms with Crippen LogP contribution in [0.5, 0.6) is 5.75 Å². The summed E-state index contributed by atoms with van der Waals surface area (Å²) in [7, 11) is 0. The van der Waals surface area contributed by atoms with Gasteiger partial charge in [0.15, 0.2) is 0 Å². The Labute approximate surface area is 103 Å². The highest BCUT2D eigenvalue weighted by molar-refractivity contribution is 5.51. The second kappa shape index (κ2) is 4.55. The molecule has 1 aromatic rings. The molecule has 0 aliphatic rings. The van der Waals surface area contributed by atoms with Crippen molar-refractivity contribution in [2.24, 2.45) is 0 Å². The first-order chi connectivity index (χ1) is 7.57. The molecule has 0 aromatic heterocycles. The lowest BCUT2D eigenvalue weighted by Gasteiger charge is -2.25. The zero-order chi connectivity index (χ0) is 13.3.